The van der Waals surface area contributed by atoms with Crippen LogP contribution in [0.2, 0.25) is 0 Å². The smallest absolute Gasteiger partial charge is 0.235 e. The summed E-state index contributed by atoms with van der Waals surface area (Å²) < 4.78 is 6.50. The molecule has 0 saturated carbocycles. The van der Waals surface area contributed by atoms with Gasteiger partial charge in [0.05, 0.1) is 0 Å². The molecule has 0 aromatic heterocycles. The third-order valence-electron chi connectivity index (χ3n) is 3.47. The van der Waals surface area contributed by atoms with E-state index in [-0.39, 0.29) is 11.8 Å². The van der Waals surface area contributed by atoms with Crippen LogP contribution in [0.1, 0.15) is 17.0 Å². The summed E-state index contributed by atoms with van der Waals surface area (Å²) in [7, 11) is 0. The number of hydrogen-bond donors (Lipinski definition) is 1. The lowest BCUT2D eigenvalue weighted by Crippen LogP contribution is -2.22. The van der Waals surface area contributed by atoms with Gasteiger partial charge in [-0.3, -0.25) is 4.79 Å². The van der Waals surface area contributed by atoms with Crippen molar-refractivity contribution in [3.8, 4) is 5.75 Å². The lowest BCUT2D eigenvalue weighted by molar-refractivity contribution is -0.117. The molecule has 0 bridgehead atoms. The predicted octanol–water partition coefficient (Wildman–Crippen LogP) is 3.87. The minimum absolute atomic E-state index is 0.0313. The van der Waals surface area contributed by atoms with Gasteiger partial charge in [0.2, 0.25) is 5.91 Å². The van der Waals surface area contributed by atoms with Gasteiger partial charge in [-0.05, 0) is 30.7 Å². The van der Waals surface area contributed by atoms with Crippen molar-refractivity contribution >= 4 is 27.5 Å². The number of fused-ring (bicyclic) bond motifs is 1. The monoisotopic (exact) mass is 331 g/mol. The molecule has 1 aliphatic heterocycles. The Labute approximate surface area is 126 Å². The van der Waals surface area contributed by atoms with Crippen molar-refractivity contribution in [1.29, 1.82) is 0 Å². The Balaban J connectivity index is 1.83. The maximum Gasteiger partial charge on any atom is 0.235 e. The van der Waals surface area contributed by atoms with Gasteiger partial charge < -0.3 is 10.1 Å². The van der Waals surface area contributed by atoms with Crippen molar-refractivity contribution in [3.63, 3.8) is 0 Å². The topological polar surface area (TPSA) is 38.3 Å². The van der Waals surface area contributed by atoms with E-state index >= 15 is 0 Å². The first kappa shape index (κ1) is 13.2. The molecule has 102 valence electrons. The highest BCUT2D eigenvalue weighted by Crippen LogP contribution is 2.34. The summed E-state index contributed by atoms with van der Waals surface area (Å²) in [5.41, 5.74) is 2.82. The number of para-hydroxylation sites is 1. The first-order valence-corrected chi connectivity index (χ1v) is 7.23. The predicted molar refractivity (Wildman–Crippen MR) is 82.2 cm³/mol. The van der Waals surface area contributed by atoms with E-state index in [9.17, 15) is 4.79 Å². The Morgan fingerprint density at radius 1 is 1.30 bits per heavy atom. The SMILES string of the molecule is Cc1ccc(Br)cc1NC(=O)C1COc2ccccc21. The Morgan fingerprint density at radius 3 is 2.95 bits per heavy atom. The molecule has 2 aromatic carbocycles. The molecule has 1 heterocycles. The molecule has 4 heteroatoms. The molecular formula is C16H14BrNO2. The van der Waals surface area contributed by atoms with Gasteiger partial charge in [0.1, 0.15) is 18.3 Å². The summed E-state index contributed by atoms with van der Waals surface area (Å²) in [6.07, 6.45) is 0. The lowest BCUT2D eigenvalue weighted by atomic mass is 10.0. The van der Waals surface area contributed by atoms with E-state index in [1.54, 1.807) is 0 Å². The second-order valence-corrected chi connectivity index (χ2v) is 5.77. The fourth-order valence-corrected chi connectivity index (χ4v) is 2.69. The van der Waals surface area contributed by atoms with Crippen molar-refractivity contribution in [2.45, 2.75) is 12.8 Å². The standard InChI is InChI=1S/C16H14BrNO2/c1-10-6-7-11(17)8-14(10)18-16(19)13-9-20-15-5-3-2-4-12(13)15/h2-8,13H,9H2,1H3,(H,18,19). The summed E-state index contributed by atoms with van der Waals surface area (Å²) in [5.74, 6) is 0.527. The van der Waals surface area contributed by atoms with Crippen molar-refractivity contribution in [3.05, 3.63) is 58.1 Å². The third-order valence-corrected chi connectivity index (χ3v) is 3.97. The van der Waals surface area contributed by atoms with Crippen LogP contribution in [0.4, 0.5) is 5.69 Å². The van der Waals surface area contributed by atoms with Crippen LogP contribution < -0.4 is 10.1 Å². The van der Waals surface area contributed by atoms with E-state index in [2.05, 4.69) is 21.2 Å². The van der Waals surface area contributed by atoms with Gasteiger partial charge in [-0.25, -0.2) is 0 Å². The maximum absolute atomic E-state index is 12.4. The normalized spacial score (nSPS) is 16.4. The van der Waals surface area contributed by atoms with E-state index in [4.69, 9.17) is 4.74 Å². The molecule has 2 aromatic rings. The largest absolute Gasteiger partial charge is 0.492 e. The number of carbonyl (C=O) groups is 1. The van der Waals surface area contributed by atoms with Crippen LogP contribution in [0, 0.1) is 6.92 Å². The fraction of sp³-hybridized carbons (Fsp3) is 0.188. The molecule has 20 heavy (non-hydrogen) atoms. The van der Waals surface area contributed by atoms with Crippen molar-refractivity contribution < 1.29 is 9.53 Å². The Morgan fingerprint density at radius 2 is 2.10 bits per heavy atom. The number of aryl methyl sites for hydroxylation is 1. The van der Waals surface area contributed by atoms with E-state index < -0.39 is 0 Å². The number of halogens is 1. The van der Waals surface area contributed by atoms with Crippen LogP contribution >= 0.6 is 15.9 Å². The zero-order valence-corrected chi connectivity index (χ0v) is 12.6. The van der Waals surface area contributed by atoms with E-state index in [1.807, 2.05) is 49.4 Å². The molecule has 1 atom stereocenters. The minimum atomic E-state index is -0.246. The Kier molecular flexibility index (Phi) is 3.49. The summed E-state index contributed by atoms with van der Waals surface area (Å²) in [4.78, 5) is 12.4. The molecule has 1 aliphatic rings. The van der Waals surface area contributed by atoms with Crippen molar-refractivity contribution in [1.82, 2.24) is 0 Å². The molecule has 0 radical (unpaired) electrons. The number of amides is 1. The minimum Gasteiger partial charge on any atom is -0.492 e. The highest BCUT2D eigenvalue weighted by atomic mass is 79.9. The van der Waals surface area contributed by atoms with E-state index in [1.165, 1.54) is 0 Å². The van der Waals surface area contributed by atoms with Gasteiger partial charge in [-0.1, -0.05) is 40.2 Å². The maximum atomic E-state index is 12.4. The van der Waals surface area contributed by atoms with Gasteiger partial charge in [0, 0.05) is 15.7 Å². The van der Waals surface area contributed by atoms with Gasteiger partial charge >= 0.3 is 0 Å². The van der Waals surface area contributed by atoms with Gasteiger partial charge in [0.15, 0.2) is 0 Å². The summed E-state index contributed by atoms with van der Waals surface area (Å²) in [5, 5.41) is 2.98. The molecule has 3 rings (SSSR count). The number of nitrogens with one attached hydrogen (secondary N) is 1. The Hall–Kier alpha value is -1.81. The number of hydrogen-bond acceptors (Lipinski definition) is 2. The highest BCUT2D eigenvalue weighted by Gasteiger charge is 2.30. The Bertz CT molecular complexity index is 669. The zero-order valence-electron chi connectivity index (χ0n) is 11.0. The molecule has 0 saturated heterocycles. The molecule has 1 unspecified atom stereocenters. The number of ether oxygens (including phenoxy) is 1. The number of rotatable bonds is 2. The molecule has 0 fully saturated rings. The molecule has 0 spiro atoms. The zero-order chi connectivity index (χ0) is 14.1. The van der Waals surface area contributed by atoms with E-state index in [0.717, 1.165) is 27.0 Å². The van der Waals surface area contributed by atoms with Crippen LogP contribution in [0.3, 0.4) is 0 Å². The summed E-state index contributed by atoms with van der Waals surface area (Å²) in [6.45, 7) is 2.37. The van der Waals surface area contributed by atoms with Gasteiger partial charge in [0.25, 0.3) is 0 Å². The van der Waals surface area contributed by atoms with Crippen molar-refractivity contribution in [2.24, 2.45) is 0 Å². The molecule has 3 nitrogen and oxygen atoms in total. The molecule has 0 aliphatic carbocycles. The average Bonchev–Trinajstić information content (AvgIpc) is 2.87. The second-order valence-electron chi connectivity index (χ2n) is 4.85. The molecule has 1 amide bonds. The third kappa shape index (κ3) is 2.43. The van der Waals surface area contributed by atoms with Crippen LogP contribution in [0.5, 0.6) is 5.75 Å². The number of anilines is 1. The van der Waals surface area contributed by atoms with Crippen molar-refractivity contribution in [2.75, 3.05) is 11.9 Å². The quantitative estimate of drug-likeness (QED) is 0.907. The fourth-order valence-electron chi connectivity index (χ4n) is 2.33. The first-order valence-electron chi connectivity index (χ1n) is 6.44. The lowest BCUT2D eigenvalue weighted by Gasteiger charge is -2.12. The molecule has 1 N–H and O–H groups in total. The average molecular weight is 332 g/mol. The molecular weight excluding hydrogens is 318 g/mol. The van der Waals surface area contributed by atoms with Crippen LogP contribution in [-0.2, 0) is 4.79 Å². The number of benzene rings is 2. The summed E-state index contributed by atoms with van der Waals surface area (Å²) in [6, 6.07) is 13.5. The van der Waals surface area contributed by atoms with Gasteiger partial charge in [-0.2, -0.15) is 0 Å². The second kappa shape index (κ2) is 5.29. The van der Waals surface area contributed by atoms with E-state index in [0.29, 0.717) is 6.61 Å². The summed E-state index contributed by atoms with van der Waals surface area (Å²) >= 11 is 3.42. The van der Waals surface area contributed by atoms with Gasteiger partial charge in [-0.15, -0.1) is 0 Å². The van der Waals surface area contributed by atoms with Crippen LogP contribution in [0.25, 0.3) is 0 Å². The van der Waals surface area contributed by atoms with Crippen LogP contribution in [0.15, 0.2) is 46.9 Å². The number of carbonyl (C=O) groups excluding carboxylic acids is 1. The van der Waals surface area contributed by atoms with Crippen LogP contribution in [-0.4, -0.2) is 12.5 Å². The highest BCUT2D eigenvalue weighted by molar-refractivity contribution is 9.10. The first-order chi connectivity index (χ1) is 9.65.